The summed E-state index contributed by atoms with van der Waals surface area (Å²) < 4.78 is 0. The second kappa shape index (κ2) is 7.81. The summed E-state index contributed by atoms with van der Waals surface area (Å²) in [6.07, 6.45) is 0. The Kier molecular flexibility index (Phi) is 4.93. The van der Waals surface area contributed by atoms with E-state index >= 15 is 0 Å². The standard InChI is InChI=1S/C27H25N3O3/c1-15-7-9-18(10-8-15)14-30-26(19-5-4-6-20(31)13-19)23-24(28-29-25(23)27(30)33)22-17(3)11-16(2)12-21(22)32/h4-13,26,31-32H,14H2,1-3H3,(H,28,29). The number of carbonyl (C=O) groups excluding carboxylic acids is 1. The number of H-pyrrole nitrogens is 1. The van der Waals surface area contributed by atoms with Crippen LogP contribution in [0, 0.1) is 20.8 Å². The van der Waals surface area contributed by atoms with Gasteiger partial charge < -0.3 is 15.1 Å². The fourth-order valence-electron chi connectivity index (χ4n) is 4.74. The van der Waals surface area contributed by atoms with Crippen molar-refractivity contribution in [2.24, 2.45) is 0 Å². The quantitative estimate of drug-likeness (QED) is 0.410. The first-order chi connectivity index (χ1) is 15.8. The third-order valence-corrected chi connectivity index (χ3v) is 6.22. The summed E-state index contributed by atoms with van der Waals surface area (Å²) in [6, 6.07) is 18.3. The maximum Gasteiger partial charge on any atom is 0.273 e. The van der Waals surface area contributed by atoms with Gasteiger partial charge in [-0.15, -0.1) is 0 Å². The smallest absolute Gasteiger partial charge is 0.273 e. The van der Waals surface area contributed by atoms with E-state index in [1.54, 1.807) is 29.2 Å². The van der Waals surface area contributed by atoms with Crippen molar-refractivity contribution < 1.29 is 15.0 Å². The normalized spacial score (nSPS) is 15.2. The summed E-state index contributed by atoms with van der Waals surface area (Å²) in [7, 11) is 0. The first-order valence-electron chi connectivity index (χ1n) is 10.9. The third-order valence-electron chi connectivity index (χ3n) is 6.22. The van der Waals surface area contributed by atoms with E-state index in [2.05, 4.69) is 10.2 Å². The van der Waals surface area contributed by atoms with Gasteiger partial charge in [0.2, 0.25) is 0 Å². The Morgan fingerprint density at radius 2 is 1.73 bits per heavy atom. The number of aromatic amines is 1. The predicted molar refractivity (Wildman–Crippen MR) is 126 cm³/mol. The van der Waals surface area contributed by atoms with E-state index in [1.807, 2.05) is 57.2 Å². The van der Waals surface area contributed by atoms with E-state index in [0.717, 1.165) is 27.8 Å². The van der Waals surface area contributed by atoms with Crippen molar-refractivity contribution >= 4 is 5.91 Å². The zero-order valence-corrected chi connectivity index (χ0v) is 18.8. The molecule has 1 aliphatic rings. The molecule has 1 aromatic heterocycles. The minimum atomic E-state index is -0.463. The summed E-state index contributed by atoms with van der Waals surface area (Å²) in [5, 5.41) is 28.4. The maximum absolute atomic E-state index is 13.5. The Morgan fingerprint density at radius 1 is 0.970 bits per heavy atom. The van der Waals surface area contributed by atoms with Crippen molar-refractivity contribution in [3.63, 3.8) is 0 Å². The molecular weight excluding hydrogens is 414 g/mol. The molecular formula is C27H25N3O3. The molecule has 1 amide bonds. The molecule has 3 N–H and O–H groups in total. The Morgan fingerprint density at radius 3 is 2.42 bits per heavy atom. The maximum atomic E-state index is 13.5. The van der Waals surface area contributed by atoms with Gasteiger partial charge in [0, 0.05) is 17.7 Å². The van der Waals surface area contributed by atoms with Crippen LogP contribution < -0.4 is 0 Å². The van der Waals surface area contributed by atoms with E-state index < -0.39 is 6.04 Å². The van der Waals surface area contributed by atoms with Crippen LogP contribution in [0.15, 0.2) is 60.7 Å². The Labute approximate surface area is 192 Å². The number of fused-ring (bicyclic) bond motifs is 1. The second-order valence-electron chi connectivity index (χ2n) is 8.75. The SMILES string of the molecule is Cc1ccc(CN2C(=O)c3[nH]nc(-c4c(C)cc(C)cc4O)c3C2c2cccc(O)c2)cc1. The molecule has 0 bridgehead atoms. The van der Waals surface area contributed by atoms with Crippen molar-refractivity contribution in [1.29, 1.82) is 0 Å². The minimum absolute atomic E-state index is 0.126. The fourth-order valence-corrected chi connectivity index (χ4v) is 4.74. The van der Waals surface area contributed by atoms with Crippen LogP contribution in [0.2, 0.25) is 0 Å². The summed E-state index contributed by atoms with van der Waals surface area (Å²) >= 11 is 0. The van der Waals surface area contributed by atoms with Gasteiger partial charge in [-0.1, -0.05) is 48.0 Å². The highest BCUT2D eigenvalue weighted by atomic mass is 16.3. The summed E-state index contributed by atoms with van der Waals surface area (Å²) in [4.78, 5) is 15.3. The number of phenols is 2. The van der Waals surface area contributed by atoms with Crippen LogP contribution in [-0.4, -0.2) is 31.2 Å². The van der Waals surface area contributed by atoms with Crippen molar-refractivity contribution in [3.8, 4) is 22.8 Å². The fraction of sp³-hybridized carbons (Fsp3) is 0.185. The van der Waals surface area contributed by atoms with Gasteiger partial charge in [-0.3, -0.25) is 9.89 Å². The highest BCUT2D eigenvalue weighted by molar-refractivity contribution is 6.00. The lowest BCUT2D eigenvalue weighted by atomic mass is 9.93. The van der Waals surface area contributed by atoms with Crippen LogP contribution in [0.25, 0.3) is 11.3 Å². The third kappa shape index (κ3) is 3.53. The average molecular weight is 440 g/mol. The number of rotatable bonds is 4. The Bertz CT molecular complexity index is 1350. The summed E-state index contributed by atoms with van der Waals surface area (Å²) in [5.74, 6) is 0.0888. The van der Waals surface area contributed by atoms with Gasteiger partial charge >= 0.3 is 0 Å². The van der Waals surface area contributed by atoms with Gasteiger partial charge in [-0.05, 0) is 61.2 Å². The van der Waals surface area contributed by atoms with Crippen molar-refractivity contribution in [2.45, 2.75) is 33.4 Å². The predicted octanol–water partition coefficient (Wildman–Crippen LogP) is 5.16. The number of aryl methyl sites for hydroxylation is 3. The summed E-state index contributed by atoms with van der Waals surface area (Å²) in [6.45, 7) is 6.28. The number of aromatic nitrogens is 2. The van der Waals surface area contributed by atoms with E-state index in [-0.39, 0.29) is 17.4 Å². The number of benzene rings is 3. The van der Waals surface area contributed by atoms with Crippen LogP contribution >= 0.6 is 0 Å². The molecule has 5 rings (SSSR count). The van der Waals surface area contributed by atoms with Crippen LogP contribution in [0.4, 0.5) is 0 Å². The summed E-state index contributed by atoms with van der Waals surface area (Å²) in [5.41, 5.74) is 7.03. The van der Waals surface area contributed by atoms with Gasteiger partial charge in [0.05, 0.1) is 6.04 Å². The number of hydrogen-bond donors (Lipinski definition) is 3. The Hall–Kier alpha value is -4.06. The van der Waals surface area contributed by atoms with Gasteiger partial charge in [0.15, 0.2) is 0 Å². The number of amides is 1. The van der Waals surface area contributed by atoms with Gasteiger partial charge in [0.25, 0.3) is 5.91 Å². The number of nitrogens with zero attached hydrogens (tertiary/aromatic N) is 2. The monoisotopic (exact) mass is 439 g/mol. The molecule has 0 spiro atoms. The first kappa shape index (κ1) is 20.8. The highest BCUT2D eigenvalue weighted by Crippen LogP contribution is 2.46. The van der Waals surface area contributed by atoms with Crippen LogP contribution in [-0.2, 0) is 6.54 Å². The molecule has 33 heavy (non-hydrogen) atoms. The molecule has 0 radical (unpaired) electrons. The van der Waals surface area contributed by atoms with Crippen LogP contribution in [0.5, 0.6) is 11.5 Å². The van der Waals surface area contributed by atoms with Crippen molar-refractivity contribution in [3.05, 3.63) is 99.7 Å². The van der Waals surface area contributed by atoms with Gasteiger partial charge in [-0.2, -0.15) is 5.10 Å². The van der Waals surface area contributed by atoms with E-state index in [9.17, 15) is 15.0 Å². The minimum Gasteiger partial charge on any atom is -0.508 e. The van der Waals surface area contributed by atoms with Crippen LogP contribution in [0.1, 0.15) is 49.9 Å². The van der Waals surface area contributed by atoms with Crippen molar-refractivity contribution in [2.75, 3.05) is 0 Å². The van der Waals surface area contributed by atoms with Crippen LogP contribution in [0.3, 0.4) is 0 Å². The molecule has 2 heterocycles. The van der Waals surface area contributed by atoms with E-state index in [0.29, 0.717) is 29.1 Å². The largest absolute Gasteiger partial charge is 0.508 e. The number of carbonyl (C=O) groups is 1. The number of hydrogen-bond acceptors (Lipinski definition) is 4. The van der Waals surface area contributed by atoms with Crippen molar-refractivity contribution in [1.82, 2.24) is 15.1 Å². The van der Waals surface area contributed by atoms with Gasteiger partial charge in [0.1, 0.15) is 22.9 Å². The zero-order valence-electron chi connectivity index (χ0n) is 18.8. The molecule has 1 atom stereocenters. The molecule has 6 nitrogen and oxygen atoms in total. The average Bonchev–Trinajstić information content (AvgIpc) is 3.28. The second-order valence-corrected chi connectivity index (χ2v) is 8.75. The number of phenolic OH excluding ortho intramolecular Hbond substituents is 2. The number of nitrogens with one attached hydrogen (secondary N) is 1. The first-order valence-corrected chi connectivity index (χ1v) is 10.9. The molecule has 0 saturated carbocycles. The zero-order chi connectivity index (χ0) is 23.3. The molecule has 1 aliphatic heterocycles. The van der Waals surface area contributed by atoms with Gasteiger partial charge in [-0.25, -0.2) is 0 Å². The number of aromatic hydroxyl groups is 2. The highest BCUT2D eigenvalue weighted by Gasteiger charge is 2.42. The van der Waals surface area contributed by atoms with E-state index in [1.165, 1.54) is 0 Å². The Balaban J connectivity index is 1.69. The van der Waals surface area contributed by atoms with E-state index in [4.69, 9.17) is 0 Å². The molecule has 6 heteroatoms. The topological polar surface area (TPSA) is 89.5 Å². The lowest BCUT2D eigenvalue weighted by Gasteiger charge is -2.27. The lowest BCUT2D eigenvalue weighted by Crippen LogP contribution is -2.29. The molecule has 4 aromatic rings. The molecule has 0 fully saturated rings. The molecule has 166 valence electrons. The molecule has 0 saturated heterocycles. The lowest BCUT2D eigenvalue weighted by molar-refractivity contribution is 0.0730. The molecule has 0 aliphatic carbocycles. The molecule has 3 aromatic carbocycles. The molecule has 1 unspecified atom stereocenters.